The number of aromatic nitrogens is 1. The van der Waals surface area contributed by atoms with Crippen LogP contribution in [0.15, 0.2) is 42.0 Å². The molecule has 5 nitrogen and oxygen atoms in total. The van der Waals surface area contributed by atoms with Crippen LogP contribution in [0.25, 0.3) is 0 Å². The summed E-state index contributed by atoms with van der Waals surface area (Å²) in [6.45, 7) is 1.24. The Balaban J connectivity index is 1.50. The Kier molecular flexibility index (Phi) is 5.59. The maximum absolute atomic E-state index is 12.5. The molecule has 1 unspecified atom stereocenters. The van der Waals surface area contributed by atoms with E-state index in [1.807, 2.05) is 29.6 Å². The van der Waals surface area contributed by atoms with Crippen molar-refractivity contribution >= 4 is 23.2 Å². The average Bonchev–Trinajstić information content (AvgIpc) is 3.27. The molecule has 2 aromatic heterocycles. The fraction of sp³-hybridized carbons (Fsp3) is 0.389. The molecule has 0 radical (unpaired) electrons. The Morgan fingerprint density at radius 3 is 3.00 bits per heavy atom. The van der Waals surface area contributed by atoms with E-state index in [9.17, 15) is 9.59 Å². The standard InChI is InChI=1S/C18H21N3O2S/c22-17(12-15-5-3-11-24-15)21-10-2-6-16(21)18(23)20-9-7-14-4-1-8-19-13-14/h1,3-5,8,11,13,16H,2,6-7,9-10,12H2,(H,20,23). The molecule has 1 saturated heterocycles. The van der Waals surface area contributed by atoms with Gasteiger partial charge in [0.2, 0.25) is 11.8 Å². The number of rotatable bonds is 6. The summed E-state index contributed by atoms with van der Waals surface area (Å²) >= 11 is 1.58. The lowest BCUT2D eigenvalue weighted by Crippen LogP contribution is -2.46. The third-order valence-electron chi connectivity index (χ3n) is 4.22. The molecule has 0 bridgehead atoms. The van der Waals surface area contributed by atoms with Gasteiger partial charge in [-0.05, 0) is 42.3 Å². The summed E-state index contributed by atoms with van der Waals surface area (Å²) in [5, 5.41) is 4.93. The van der Waals surface area contributed by atoms with Crippen molar-refractivity contribution in [1.82, 2.24) is 15.2 Å². The molecule has 0 spiro atoms. The lowest BCUT2D eigenvalue weighted by molar-refractivity contribution is -0.137. The molecule has 1 N–H and O–H groups in total. The molecule has 1 atom stereocenters. The Morgan fingerprint density at radius 2 is 2.25 bits per heavy atom. The predicted octanol–water partition coefficient (Wildman–Crippen LogP) is 2.04. The first-order valence-electron chi connectivity index (χ1n) is 8.22. The van der Waals surface area contributed by atoms with Crippen LogP contribution in [-0.2, 0) is 22.4 Å². The summed E-state index contributed by atoms with van der Waals surface area (Å²) in [6, 6.07) is 7.46. The lowest BCUT2D eigenvalue weighted by Gasteiger charge is -2.23. The number of carbonyl (C=O) groups is 2. The highest BCUT2D eigenvalue weighted by Crippen LogP contribution is 2.20. The van der Waals surface area contributed by atoms with Gasteiger partial charge in [-0.1, -0.05) is 12.1 Å². The molecule has 0 saturated carbocycles. The normalized spacial score (nSPS) is 17.0. The summed E-state index contributed by atoms with van der Waals surface area (Å²) in [7, 11) is 0. The quantitative estimate of drug-likeness (QED) is 0.873. The minimum absolute atomic E-state index is 0.0439. The molecule has 2 amide bonds. The molecular formula is C18H21N3O2S. The van der Waals surface area contributed by atoms with Crippen molar-refractivity contribution in [2.75, 3.05) is 13.1 Å². The smallest absolute Gasteiger partial charge is 0.242 e. The first-order valence-corrected chi connectivity index (χ1v) is 9.10. The molecule has 3 rings (SSSR count). The van der Waals surface area contributed by atoms with E-state index < -0.39 is 0 Å². The van der Waals surface area contributed by atoms with Crippen LogP contribution < -0.4 is 5.32 Å². The highest BCUT2D eigenvalue weighted by Gasteiger charge is 2.33. The Labute approximate surface area is 145 Å². The van der Waals surface area contributed by atoms with Crippen molar-refractivity contribution in [2.24, 2.45) is 0 Å². The number of hydrogen-bond donors (Lipinski definition) is 1. The molecule has 0 aliphatic carbocycles. The third kappa shape index (κ3) is 4.20. The molecule has 6 heteroatoms. The van der Waals surface area contributed by atoms with Crippen LogP contribution in [0, 0.1) is 0 Å². The van der Waals surface area contributed by atoms with Crippen molar-refractivity contribution in [3.05, 3.63) is 52.5 Å². The fourth-order valence-electron chi connectivity index (χ4n) is 3.00. The van der Waals surface area contributed by atoms with Gasteiger partial charge >= 0.3 is 0 Å². The van der Waals surface area contributed by atoms with E-state index in [0.717, 1.165) is 29.7 Å². The SMILES string of the molecule is O=C(NCCc1cccnc1)C1CCCN1C(=O)Cc1cccs1. The molecule has 126 valence electrons. The minimum atomic E-state index is -0.327. The van der Waals surface area contributed by atoms with Gasteiger partial charge in [-0.15, -0.1) is 11.3 Å². The van der Waals surface area contributed by atoms with Crippen LogP contribution in [0.4, 0.5) is 0 Å². The largest absolute Gasteiger partial charge is 0.354 e. The predicted molar refractivity (Wildman–Crippen MR) is 93.7 cm³/mol. The number of hydrogen-bond acceptors (Lipinski definition) is 4. The van der Waals surface area contributed by atoms with Gasteiger partial charge in [0.05, 0.1) is 6.42 Å². The number of nitrogens with zero attached hydrogens (tertiary/aromatic N) is 2. The summed E-state index contributed by atoms with van der Waals surface area (Å²) in [6.07, 6.45) is 6.30. The van der Waals surface area contributed by atoms with Gasteiger partial charge in [-0.25, -0.2) is 0 Å². The molecule has 0 aromatic carbocycles. The number of nitrogens with one attached hydrogen (secondary N) is 1. The van der Waals surface area contributed by atoms with E-state index >= 15 is 0 Å². The zero-order valence-corrected chi connectivity index (χ0v) is 14.3. The Bertz CT molecular complexity index is 673. The molecule has 1 fully saturated rings. The van der Waals surface area contributed by atoms with Crippen LogP contribution in [0.5, 0.6) is 0 Å². The lowest BCUT2D eigenvalue weighted by atomic mass is 10.1. The maximum Gasteiger partial charge on any atom is 0.242 e. The van der Waals surface area contributed by atoms with Crippen LogP contribution >= 0.6 is 11.3 Å². The topological polar surface area (TPSA) is 62.3 Å². The zero-order chi connectivity index (χ0) is 16.8. The van der Waals surface area contributed by atoms with E-state index in [2.05, 4.69) is 10.3 Å². The van der Waals surface area contributed by atoms with Crippen LogP contribution in [0.3, 0.4) is 0 Å². The second-order valence-corrected chi connectivity index (χ2v) is 6.94. The van der Waals surface area contributed by atoms with E-state index in [1.165, 1.54) is 0 Å². The van der Waals surface area contributed by atoms with Crippen molar-refractivity contribution in [3.63, 3.8) is 0 Å². The second-order valence-electron chi connectivity index (χ2n) is 5.90. The van der Waals surface area contributed by atoms with Crippen LogP contribution in [0.1, 0.15) is 23.3 Å². The van der Waals surface area contributed by atoms with Gasteiger partial charge in [0.15, 0.2) is 0 Å². The van der Waals surface area contributed by atoms with Crippen molar-refractivity contribution in [1.29, 1.82) is 0 Å². The number of amides is 2. The van der Waals surface area contributed by atoms with Crippen molar-refractivity contribution < 1.29 is 9.59 Å². The van der Waals surface area contributed by atoms with E-state index in [4.69, 9.17) is 0 Å². The Morgan fingerprint density at radius 1 is 1.33 bits per heavy atom. The van der Waals surface area contributed by atoms with E-state index in [-0.39, 0.29) is 17.9 Å². The van der Waals surface area contributed by atoms with Crippen molar-refractivity contribution in [2.45, 2.75) is 31.7 Å². The number of likely N-dealkylation sites (tertiary alicyclic amines) is 1. The molecule has 3 heterocycles. The minimum Gasteiger partial charge on any atom is -0.354 e. The summed E-state index contributed by atoms with van der Waals surface area (Å²) in [5.41, 5.74) is 1.09. The van der Waals surface area contributed by atoms with Crippen LogP contribution in [0.2, 0.25) is 0 Å². The van der Waals surface area contributed by atoms with Gasteiger partial charge in [0, 0.05) is 30.4 Å². The number of carbonyl (C=O) groups excluding carboxylic acids is 2. The molecule has 1 aliphatic rings. The fourth-order valence-corrected chi connectivity index (χ4v) is 3.69. The van der Waals surface area contributed by atoms with Gasteiger partial charge in [0.25, 0.3) is 0 Å². The molecular weight excluding hydrogens is 322 g/mol. The van der Waals surface area contributed by atoms with Gasteiger partial charge in [-0.3, -0.25) is 14.6 Å². The van der Waals surface area contributed by atoms with Crippen molar-refractivity contribution in [3.8, 4) is 0 Å². The monoisotopic (exact) mass is 343 g/mol. The van der Waals surface area contributed by atoms with Gasteiger partial charge < -0.3 is 10.2 Å². The average molecular weight is 343 g/mol. The van der Waals surface area contributed by atoms with E-state index in [1.54, 1.807) is 28.6 Å². The third-order valence-corrected chi connectivity index (χ3v) is 5.09. The highest BCUT2D eigenvalue weighted by atomic mass is 32.1. The van der Waals surface area contributed by atoms with Gasteiger partial charge in [-0.2, -0.15) is 0 Å². The highest BCUT2D eigenvalue weighted by molar-refractivity contribution is 7.10. The molecule has 24 heavy (non-hydrogen) atoms. The number of pyridine rings is 1. The molecule has 2 aromatic rings. The Hall–Kier alpha value is -2.21. The summed E-state index contributed by atoms with van der Waals surface area (Å²) in [4.78, 5) is 31.7. The van der Waals surface area contributed by atoms with Crippen LogP contribution in [-0.4, -0.2) is 40.8 Å². The maximum atomic E-state index is 12.5. The zero-order valence-electron chi connectivity index (χ0n) is 13.5. The number of thiophene rings is 1. The van der Waals surface area contributed by atoms with E-state index in [0.29, 0.717) is 19.5 Å². The summed E-state index contributed by atoms with van der Waals surface area (Å²) < 4.78 is 0. The molecule has 1 aliphatic heterocycles. The summed E-state index contributed by atoms with van der Waals surface area (Å²) in [5.74, 6) is -0.00159. The first kappa shape index (κ1) is 16.6. The second kappa shape index (κ2) is 8.06. The first-order chi connectivity index (χ1) is 11.7. The van der Waals surface area contributed by atoms with Gasteiger partial charge in [0.1, 0.15) is 6.04 Å².